The zero-order chi connectivity index (χ0) is 36.0. The minimum absolute atomic E-state index is 0.695. The van der Waals surface area contributed by atoms with E-state index in [9.17, 15) is 0 Å². The quantitative estimate of drug-likeness (QED) is 0.183. The molecule has 0 amide bonds. The fourth-order valence-corrected chi connectivity index (χ4v) is 8.64. The van der Waals surface area contributed by atoms with Crippen molar-refractivity contribution < 1.29 is 4.42 Å². The largest absolute Gasteiger partial charge is 0.454 e. The van der Waals surface area contributed by atoms with E-state index in [2.05, 4.69) is 167 Å². The molecule has 0 aliphatic heterocycles. The van der Waals surface area contributed by atoms with E-state index in [0.29, 0.717) is 5.82 Å². The molecule has 0 saturated carbocycles. The maximum absolute atomic E-state index is 6.74. The Bertz CT molecular complexity index is 3470. The van der Waals surface area contributed by atoms with Crippen molar-refractivity contribution in [2.24, 2.45) is 0 Å². The number of hydrogen-bond acceptors (Lipinski definition) is 3. The summed E-state index contributed by atoms with van der Waals surface area (Å²) in [4.78, 5) is 10.2. The van der Waals surface area contributed by atoms with E-state index in [0.717, 1.165) is 83.0 Å². The molecule has 0 aliphatic carbocycles. The molecule has 0 unspecified atom stereocenters. The van der Waals surface area contributed by atoms with Crippen molar-refractivity contribution >= 4 is 76.5 Å². The summed E-state index contributed by atoms with van der Waals surface area (Å²) in [5, 5.41) is 8.02. The van der Waals surface area contributed by atoms with Gasteiger partial charge in [0.1, 0.15) is 5.58 Å². The number of rotatable bonds is 4. The number of benzene rings is 8. The van der Waals surface area contributed by atoms with Crippen LogP contribution < -0.4 is 0 Å². The first kappa shape index (κ1) is 30.0. The fourth-order valence-electron chi connectivity index (χ4n) is 8.64. The van der Waals surface area contributed by atoms with Crippen molar-refractivity contribution in [2.45, 2.75) is 0 Å². The molecule has 4 heterocycles. The Labute approximate surface area is 315 Å². The third kappa shape index (κ3) is 4.41. The van der Waals surface area contributed by atoms with E-state index >= 15 is 0 Å². The molecule has 0 spiro atoms. The highest BCUT2D eigenvalue weighted by molar-refractivity contribution is 6.24. The summed E-state index contributed by atoms with van der Waals surface area (Å²) in [7, 11) is 0. The Morgan fingerprint density at radius 1 is 0.382 bits per heavy atom. The first-order chi connectivity index (χ1) is 27.3. The first-order valence-electron chi connectivity index (χ1n) is 18.6. The molecule has 0 N–H and O–H groups in total. The second-order valence-corrected chi connectivity index (χ2v) is 14.2. The van der Waals surface area contributed by atoms with Gasteiger partial charge in [-0.1, -0.05) is 109 Å². The summed E-state index contributed by atoms with van der Waals surface area (Å²) < 4.78 is 11.5. The van der Waals surface area contributed by atoms with Crippen LogP contribution in [0.5, 0.6) is 0 Å². The van der Waals surface area contributed by atoms with E-state index in [1.165, 1.54) is 21.7 Å². The highest BCUT2D eigenvalue weighted by Crippen LogP contribution is 2.43. The van der Waals surface area contributed by atoms with Gasteiger partial charge in [-0.2, -0.15) is 0 Å². The molecular formula is C50H30N4O. The lowest BCUT2D eigenvalue weighted by molar-refractivity contribution is 0.671. The Hall–Kier alpha value is -7.50. The zero-order valence-corrected chi connectivity index (χ0v) is 29.5. The summed E-state index contributed by atoms with van der Waals surface area (Å²) in [5.74, 6) is 0.695. The second-order valence-electron chi connectivity index (χ2n) is 14.2. The van der Waals surface area contributed by atoms with E-state index in [4.69, 9.17) is 14.4 Å². The molecule has 12 rings (SSSR count). The van der Waals surface area contributed by atoms with Crippen LogP contribution in [0.25, 0.3) is 110 Å². The maximum atomic E-state index is 6.74. The topological polar surface area (TPSA) is 48.8 Å². The lowest BCUT2D eigenvalue weighted by Gasteiger charge is -2.12. The van der Waals surface area contributed by atoms with Gasteiger partial charge in [-0.05, 0) is 72.8 Å². The van der Waals surface area contributed by atoms with Crippen LogP contribution >= 0.6 is 0 Å². The van der Waals surface area contributed by atoms with Crippen LogP contribution in [0.15, 0.2) is 186 Å². The molecule has 0 aliphatic rings. The van der Waals surface area contributed by atoms with Gasteiger partial charge in [-0.15, -0.1) is 0 Å². The van der Waals surface area contributed by atoms with Gasteiger partial charge in [0, 0.05) is 60.2 Å². The Kier molecular flexibility index (Phi) is 6.27. The molecule has 8 aromatic carbocycles. The average molecular weight is 703 g/mol. The van der Waals surface area contributed by atoms with E-state index in [-0.39, 0.29) is 0 Å². The van der Waals surface area contributed by atoms with Crippen molar-refractivity contribution in [3.8, 4) is 34.0 Å². The molecule has 0 bridgehead atoms. The standard InChI is InChI=1S/C50H30N4O/c1-3-13-31(14-4-1)47-39-19-7-10-20-42(39)51-50(52-47)32-23-25-34(26-24-32)54-45-30-44-40(35-17-8-11-21-43(35)53(44)33-15-5-2-6-16-33)29-41(45)37-27-28-38-36-18-9-12-22-46(36)55-49(38)48(37)54/h1-30H. The van der Waals surface area contributed by atoms with E-state index in [1.54, 1.807) is 0 Å². The van der Waals surface area contributed by atoms with Crippen LogP contribution in [0.2, 0.25) is 0 Å². The molecule has 0 atom stereocenters. The summed E-state index contributed by atoms with van der Waals surface area (Å²) in [6.07, 6.45) is 0. The molecule has 55 heavy (non-hydrogen) atoms. The lowest BCUT2D eigenvalue weighted by Crippen LogP contribution is -1.97. The van der Waals surface area contributed by atoms with E-state index in [1.807, 2.05) is 24.3 Å². The van der Waals surface area contributed by atoms with Crippen LogP contribution in [0.1, 0.15) is 0 Å². The van der Waals surface area contributed by atoms with E-state index < -0.39 is 0 Å². The van der Waals surface area contributed by atoms with Crippen molar-refractivity contribution in [1.82, 2.24) is 19.1 Å². The lowest BCUT2D eigenvalue weighted by atomic mass is 10.1. The number of hydrogen-bond donors (Lipinski definition) is 0. The fraction of sp³-hybridized carbons (Fsp3) is 0. The minimum Gasteiger partial charge on any atom is -0.454 e. The molecule has 4 aromatic heterocycles. The predicted octanol–water partition coefficient (Wildman–Crippen LogP) is 13.1. The van der Waals surface area contributed by atoms with Gasteiger partial charge in [0.05, 0.1) is 33.3 Å². The summed E-state index contributed by atoms with van der Waals surface area (Å²) in [6, 6.07) is 64.1. The van der Waals surface area contributed by atoms with Crippen molar-refractivity contribution in [3.63, 3.8) is 0 Å². The van der Waals surface area contributed by atoms with Crippen LogP contribution in [-0.4, -0.2) is 19.1 Å². The molecule has 0 fully saturated rings. The Balaban J connectivity index is 1.14. The number of fused-ring (bicyclic) bond motifs is 11. The predicted molar refractivity (Wildman–Crippen MR) is 226 cm³/mol. The minimum atomic E-state index is 0.695. The Morgan fingerprint density at radius 2 is 1.02 bits per heavy atom. The van der Waals surface area contributed by atoms with Crippen molar-refractivity contribution in [3.05, 3.63) is 182 Å². The third-order valence-electron chi connectivity index (χ3n) is 11.1. The normalized spacial score (nSPS) is 12.0. The number of nitrogens with zero attached hydrogens (tertiary/aromatic N) is 4. The molecule has 5 heteroatoms. The van der Waals surface area contributed by atoms with Crippen LogP contribution in [0.4, 0.5) is 0 Å². The molecular weight excluding hydrogens is 673 g/mol. The summed E-state index contributed by atoms with van der Waals surface area (Å²) in [5.41, 5.74) is 12.3. The summed E-state index contributed by atoms with van der Waals surface area (Å²) in [6.45, 7) is 0. The highest BCUT2D eigenvalue weighted by Gasteiger charge is 2.22. The second kappa shape index (κ2) is 11.5. The van der Waals surface area contributed by atoms with Gasteiger partial charge in [0.15, 0.2) is 11.4 Å². The molecule has 0 saturated heterocycles. The SMILES string of the molecule is c1ccc(-c2nc(-c3ccc(-n4c5cc6c(cc5c5ccc7c8ccccc8oc7c54)c4ccccc4n6-c4ccccc4)cc3)nc3ccccc23)cc1. The van der Waals surface area contributed by atoms with Crippen LogP contribution in [0, 0.1) is 0 Å². The third-order valence-corrected chi connectivity index (χ3v) is 11.1. The molecule has 0 radical (unpaired) electrons. The monoisotopic (exact) mass is 702 g/mol. The highest BCUT2D eigenvalue weighted by atomic mass is 16.3. The molecule has 12 aromatic rings. The summed E-state index contributed by atoms with van der Waals surface area (Å²) >= 11 is 0. The average Bonchev–Trinajstić information content (AvgIpc) is 3.90. The maximum Gasteiger partial charge on any atom is 0.160 e. The number of aromatic nitrogens is 4. The van der Waals surface area contributed by atoms with Crippen LogP contribution in [-0.2, 0) is 0 Å². The number of furan rings is 1. The van der Waals surface area contributed by atoms with Crippen LogP contribution in [0.3, 0.4) is 0 Å². The van der Waals surface area contributed by atoms with Crippen molar-refractivity contribution in [2.75, 3.05) is 0 Å². The smallest absolute Gasteiger partial charge is 0.160 e. The first-order valence-corrected chi connectivity index (χ1v) is 18.6. The van der Waals surface area contributed by atoms with Gasteiger partial charge >= 0.3 is 0 Å². The Morgan fingerprint density at radius 3 is 1.85 bits per heavy atom. The molecule has 256 valence electrons. The zero-order valence-electron chi connectivity index (χ0n) is 29.5. The van der Waals surface area contributed by atoms with Crippen molar-refractivity contribution in [1.29, 1.82) is 0 Å². The van der Waals surface area contributed by atoms with Gasteiger partial charge in [0.2, 0.25) is 0 Å². The van der Waals surface area contributed by atoms with Gasteiger partial charge in [0.25, 0.3) is 0 Å². The van der Waals surface area contributed by atoms with Gasteiger partial charge in [-0.25, -0.2) is 9.97 Å². The number of para-hydroxylation sites is 4. The van der Waals surface area contributed by atoms with Gasteiger partial charge in [-0.3, -0.25) is 0 Å². The molecule has 5 nitrogen and oxygen atoms in total. The van der Waals surface area contributed by atoms with Gasteiger partial charge < -0.3 is 13.6 Å².